The Morgan fingerprint density at radius 1 is 1.29 bits per heavy atom. The summed E-state index contributed by atoms with van der Waals surface area (Å²) in [6, 6.07) is 4.13. The van der Waals surface area contributed by atoms with Crippen LogP contribution in [0.3, 0.4) is 0 Å². The molecular weight excluding hydrogens is 302 g/mol. The molecule has 0 spiro atoms. The highest BCUT2D eigenvalue weighted by molar-refractivity contribution is 5.34. The molecule has 24 heavy (non-hydrogen) atoms. The summed E-state index contributed by atoms with van der Waals surface area (Å²) in [6.45, 7) is 2.12. The summed E-state index contributed by atoms with van der Waals surface area (Å²) >= 11 is 0. The quantitative estimate of drug-likeness (QED) is 0.722. The van der Waals surface area contributed by atoms with Crippen LogP contribution in [0.25, 0.3) is 0 Å². The van der Waals surface area contributed by atoms with Crippen molar-refractivity contribution >= 4 is 0 Å². The molecule has 0 N–H and O–H groups in total. The minimum absolute atomic E-state index is 0.0985. The Hall–Kier alpha value is -2.50. The van der Waals surface area contributed by atoms with Crippen LogP contribution >= 0.6 is 0 Å². The topological polar surface area (TPSA) is 69.6 Å². The summed E-state index contributed by atoms with van der Waals surface area (Å²) in [5, 5.41) is 8.54. The molecule has 1 saturated carbocycles. The first kappa shape index (κ1) is 15.1. The van der Waals surface area contributed by atoms with Gasteiger partial charge >= 0.3 is 0 Å². The monoisotopic (exact) mass is 323 g/mol. The third-order valence-corrected chi connectivity index (χ3v) is 5.03. The van der Waals surface area contributed by atoms with Gasteiger partial charge in [0.1, 0.15) is 0 Å². The lowest BCUT2D eigenvalue weighted by Crippen LogP contribution is -2.36. The van der Waals surface area contributed by atoms with Crippen molar-refractivity contribution in [1.29, 1.82) is 0 Å². The van der Waals surface area contributed by atoms with Crippen LogP contribution in [-0.4, -0.2) is 24.9 Å². The maximum Gasteiger partial charge on any atom is 0.229 e. The van der Waals surface area contributed by atoms with E-state index in [1.807, 2.05) is 36.5 Å². The van der Waals surface area contributed by atoms with Crippen LogP contribution in [0.5, 0.6) is 0 Å². The summed E-state index contributed by atoms with van der Waals surface area (Å²) in [7, 11) is 1.92. The molecule has 1 fully saturated rings. The summed E-state index contributed by atoms with van der Waals surface area (Å²) in [5.41, 5.74) is 2.31. The average molecular weight is 323 g/mol. The molecule has 6 heteroatoms. The average Bonchev–Trinajstić information content (AvgIpc) is 3.17. The molecule has 0 bridgehead atoms. The minimum atomic E-state index is -0.0985. The van der Waals surface area contributed by atoms with Crippen molar-refractivity contribution in [3.05, 3.63) is 59.8 Å². The van der Waals surface area contributed by atoms with Gasteiger partial charge in [0, 0.05) is 31.6 Å². The Labute approximate surface area is 140 Å². The molecule has 3 aromatic heterocycles. The largest absolute Gasteiger partial charge is 0.339 e. The van der Waals surface area contributed by atoms with Gasteiger partial charge in [-0.05, 0) is 42.5 Å². The predicted octanol–water partition coefficient (Wildman–Crippen LogP) is 3.01. The van der Waals surface area contributed by atoms with Gasteiger partial charge in [0.2, 0.25) is 5.89 Å². The minimum Gasteiger partial charge on any atom is -0.339 e. The third-order valence-electron chi connectivity index (χ3n) is 5.03. The van der Waals surface area contributed by atoms with E-state index in [4.69, 9.17) is 9.51 Å². The van der Waals surface area contributed by atoms with Crippen molar-refractivity contribution in [3.63, 3.8) is 0 Å². The highest BCUT2D eigenvalue weighted by Crippen LogP contribution is 2.47. The second-order valence-electron chi connectivity index (χ2n) is 6.76. The van der Waals surface area contributed by atoms with E-state index in [1.165, 1.54) is 17.5 Å². The fourth-order valence-electron chi connectivity index (χ4n) is 3.49. The fraction of sp³-hybridized carbons (Fsp3) is 0.444. The second-order valence-corrected chi connectivity index (χ2v) is 6.76. The molecule has 0 saturated heterocycles. The van der Waals surface area contributed by atoms with Crippen molar-refractivity contribution in [2.75, 3.05) is 0 Å². The molecule has 3 aromatic rings. The highest BCUT2D eigenvalue weighted by atomic mass is 16.5. The summed E-state index contributed by atoms with van der Waals surface area (Å²) in [4.78, 5) is 8.88. The van der Waals surface area contributed by atoms with Crippen LogP contribution < -0.4 is 0 Å². The standard InChI is InChI=1S/C18H21N5O/c1-13(10-14-11-20-23(2)12-14)16-21-17(22-24-16)18(6-3-7-18)15-4-8-19-9-5-15/h4-5,8-9,11-13H,3,6-7,10H2,1-2H3. The third kappa shape index (κ3) is 2.52. The van der Waals surface area contributed by atoms with Crippen molar-refractivity contribution in [1.82, 2.24) is 24.9 Å². The number of aryl methyl sites for hydroxylation is 1. The van der Waals surface area contributed by atoms with Gasteiger partial charge in [-0.15, -0.1) is 0 Å². The summed E-state index contributed by atoms with van der Waals surface area (Å²) < 4.78 is 7.42. The fourth-order valence-corrected chi connectivity index (χ4v) is 3.49. The zero-order valence-corrected chi connectivity index (χ0v) is 14.0. The van der Waals surface area contributed by atoms with Gasteiger partial charge in [0.05, 0.1) is 11.6 Å². The molecule has 0 aromatic carbocycles. The summed E-state index contributed by atoms with van der Waals surface area (Å²) in [5.74, 6) is 1.69. The number of rotatable bonds is 5. The smallest absolute Gasteiger partial charge is 0.229 e. The van der Waals surface area contributed by atoms with E-state index in [2.05, 4.69) is 34.3 Å². The van der Waals surface area contributed by atoms with E-state index >= 15 is 0 Å². The molecule has 0 aliphatic heterocycles. The lowest BCUT2D eigenvalue weighted by atomic mass is 9.64. The molecule has 3 heterocycles. The van der Waals surface area contributed by atoms with Crippen LogP contribution in [0, 0.1) is 0 Å². The Kier molecular flexibility index (Phi) is 3.67. The van der Waals surface area contributed by atoms with Crippen LogP contribution in [0.4, 0.5) is 0 Å². The first-order chi connectivity index (χ1) is 11.7. The van der Waals surface area contributed by atoms with Crippen molar-refractivity contribution in [3.8, 4) is 0 Å². The van der Waals surface area contributed by atoms with Gasteiger partial charge in [0.15, 0.2) is 5.82 Å². The predicted molar refractivity (Wildman–Crippen MR) is 88.5 cm³/mol. The first-order valence-electron chi connectivity index (χ1n) is 8.39. The van der Waals surface area contributed by atoms with Gasteiger partial charge in [-0.1, -0.05) is 18.5 Å². The van der Waals surface area contributed by atoms with Crippen LogP contribution in [0.1, 0.15) is 54.9 Å². The first-order valence-corrected chi connectivity index (χ1v) is 8.39. The Balaban J connectivity index is 1.58. The van der Waals surface area contributed by atoms with E-state index < -0.39 is 0 Å². The Bertz CT molecular complexity index is 819. The van der Waals surface area contributed by atoms with Crippen molar-refractivity contribution in [2.24, 2.45) is 7.05 Å². The molecule has 1 unspecified atom stereocenters. The lowest BCUT2D eigenvalue weighted by molar-refractivity contribution is 0.269. The van der Waals surface area contributed by atoms with Gasteiger partial charge in [-0.25, -0.2) is 0 Å². The summed E-state index contributed by atoms with van der Waals surface area (Å²) in [6.07, 6.45) is 11.7. The molecule has 4 rings (SSSR count). The molecule has 1 atom stereocenters. The number of pyridine rings is 1. The van der Waals surface area contributed by atoms with E-state index in [-0.39, 0.29) is 11.3 Å². The van der Waals surface area contributed by atoms with Gasteiger partial charge in [0.25, 0.3) is 0 Å². The maximum absolute atomic E-state index is 5.60. The number of aromatic nitrogens is 5. The van der Waals surface area contributed by atoms with Crippen molar-refractivity contribution in [2.45, 2.75) is 43.9 Å². The molecule has 0 radical (unpaired) electrons. The van der Waals surface area contributed by atoms with Gasteiger partial charge < -0.3 is 4.52 Å². The van der Waals surface area contributed by atoms with Crippen LogP contribution in [0.15, 0.2) is 41.4 Å². The molecular formula is C18H21N5O. The van der Waals surface area contributed by atoms with E-state index in [0.717, 1.165) is 25.1 Å². The Morgan fingerprint density at radius 2 is 2.08 bits per heavy atom. The Morgan fingerprint density at radius 3 is 2.71 bits per heavy atom. The number of hydrogen-bond acceptors (Lipinski definition) is 5. The maximum atomic E-state index is 5.60. The van der Waals surface area contributed by atoms with Crippen LogP contribution in [-0.2, 0) is 18.9 Å². The molecule has 1 aliphatic carbocycles. The van der Waals surface area contributed by atoms with Crippen LogP contribution in [0.2, 0.25) is 0 Å². The van der Waals surface area contributed by atoms with Gasteiger partial charge in [-0.2, -0.15) is 10.1 Å². The zero-order valence-electron chi connectivity index (χ0n) is 14.0. The number of nitrogens with zero attached hydrogens (tertiary/aromatic N) is 5. The zero-order chi connectivity index (χ0) is 16.6. The normalized spacial score (nSPS) is 17.4. The van der Waals surface area contributed by atoms with E-state index in [9.17, 15) is 0 Å². The molecule has 6 nitrogen and oxygen atoms in total. The molecule has 0 amide bonds. The molecule has 1 aliphatic rings. The lowest BCUT2D eigenvalue weighted by Gasteiger charge is -2.39. The number of hydrogen-bond donors (Lipinski definition) is 0. The highest BCUT2D eigenvalue weighted by Gasteiger charge is 2.44. The van der Waals surface area contributed by atoms with Gasteiger partial charge in [-0.3, -0.25) is 9.67 Å². The molecule has 124 valence electrons. The van der Waals surface area contributed by atoms with E-state index in [1.54, 1.807) is 0 Å². The van der Waals surface area contributed by atoms with E-state index in [0.29, 0.717) is 5.89 Å². The van der Waals surface area contributed by atoms with Crippen molar-refractivity contribution < 1.29 is 4.52 Å². The second kappa shape index (κ2) is 5.85. The SMILES string of the molecule is CC(Cc1cnn(C)c1)c1nc(C2(c3ccncc3)CCC2)no1.